The van der Waals surface area contributed by atoms with Crippen LogP contribution >= 0.6 is 0 Å². The minimum absolute atomic E-state index is 0.0598. The van der Waals surface area contributed by atoms with Gasteiger partial charge in [-0.1, -0.05) is 0 Å². The number of non-ortho nitro benzene ring substituents is 1. The summed E-state index contributed by atoms with van der Waals surface area (Å²) >= 11 is 0. The van der Waals surface area contributed by atoms with E-state index in [0.717, 1.165) is 0 Å². The van der Waals surface area contributed by atoms with Crippen LogP contribution < -0.4 is 4.74 Å². The number of ether oxygens (including phenoxy) is 1. The molecule has 0 radical (unpaired) electrons. The molecule has 1 aliphatic rings. The predicted molar refractivity (Wildman–Crippen MR) is 75.5 cm³/mol. The maximum atomic E-state index is 12.0. The highest BCUT2D eigenvalue weighted by molar-refractivity contribution is 5.81. The van der Waals surface area contributed by atoms with E-state index in [1.54, 1.807) is 6.92 Å². The zero-order chi connectivity index (χ0) is 16.3. The summed E-state index contributed by atoms with van der Waals surface area (Å²) in [6, 6.07) is 5.40. The summed E-state index contributed by atoms with van der Waals surface area (Å²) in [6.07, 6.45) is 0.408. The SMILES string of the molecule is CC1(C(=O)O)CCN(C(=O)COc2ccc([N+](=O)[O-])cc2)C1. The van der Waals surface area contributed by atoms with E-state index in [1.807, 2.05) is 0 Å². The monoisotopic (exact) mass is 308 g/mol. The maximum absolute atomic E-state index is 12.0. The van der Waals surface area contributed by atoms with Gasteiger partial charge in [-0.05, 0) is 25.5 Å². The molecule has 1 saturated heterocycles. The van der Waals surface area contributed by atoms with Gasteiger partial charge in [0.05, 0.1) is 10.3 Å². The summed E-state index contributed by atoms with van der Waals surface area (Å²) < 4.78 is 5.28. The third-order valence-electron chi connectivity index (χ3n) is 3.75. The molecule has 1 aliphatic heterocycles. The third kappa shape index (κ3) is 3.33. The van der Waals surface area contributed by atoms with Gasteiger partial charge in [0, 0.05) is 25.2 Å². The average molecular weight is 308 g/mol. The minimum atomic E-state index is -0.918. The van der Waals surface area contributed by atoms with Crippen LogP contribution in [-0.4, -0.2) is 46.5 Å². The summed E-state index contributed by atoms with van der Waals surface area (Å²) in [5, 5.41) is 19.7. The number of amides is 1. The summed E-state index contributed by atoms with van der Waals surface area (Å²) in [5.41, 5.74) is -0.973. The first kappa shape index (κ1) is 15.7. The molecule has 1 unspecified atom stereocenters. The second-order valence-electron chi connectivity index (χ2n) is 5.47. The second kappa shape index (κ2) is 6.00. The first-order valence-corrected chi connectivity index (χ1v) is 6.70. The molecule has 2 rings (SSSR count). The van der Waals surface area contributed by atoms with Gasteiger partial charge in [-0.15, -0.1) is 0 Å². The summed E-state index contributed by atoms with van der Waals surface area (Å²) in [5.74, 6) is -0.874. The summed E-state index contributed by atoms with van der Waals surface area (Å²) in [7, 11) is 0. The van der Waals surface area contributed by atoms with Crippen LogP contribution in [0.15, 0.2) is 24.3 Å². The van der Waals surface area contributed by atoms with Crippen molar-refractivity contribution in [3.05, 3.63) is 34.4 Å². The van der Waals surface area contributed by atoms with Crippen LogP contribution in [0.3, 0.4) is 0 Å². The smallest absolute Gasteiger partial charge is 0.311 e. The van der Waals surface area contributed by atoms with Crippen LogP contribution in [0.25, 0.3) is 0 Å². The molecule has 8 heteroatoms. The lowest BCUT2D eigenvalue weighted by Crippen LogP contribution is -2.37. The zero-order valence-electron chi connectivity index (χ0n) is 12.0. The van der Waals surface area contributed by atoms with E-state index in [2.05, 4.69) is 0 Å². The molecule has 1 atom stereocenters. The van der Waals surface area contributed by atoms with Crippen molar-refractivity contribution >= 4 is 17.6 Å². The Balaban J connectivity index is 1.88. The third-order valence-corrected chi connectivity index (χ3v) is 3.75. The number of rotatable bonds is 5. The molecule has 1 heterocycles. The lowest BCUT2D eigenvalue weighted by atomic mass is 9.90. The first-order chi connectivity index (χ1) is 10.3. The number of benzene rings is 1. The lowest BCUT2D eigenvalue weighted by Gasteiger charge is -2.20. The highest BCUT2D eigenvalue weighted by atomic mass is 16.6. The molecule has 1 amide bonds. The number of nitro groups is 1. The molecule has 22 heavy (non-hydrogen) atoms. The Bertz CT molecular complexity index is 600. The Morgan fingerprint density at radius 3 is 2.55 bits per heavy atom. The molecule has 1 aromatic rings. The number of aliphatic carboxylic acids is 1. The summed E-state index contributed by atoms with van der Waals surface area (Å²) in [4.78, 5) is 34.6. The molecule has 0 saturated carbocycles. The van der Waals surface area contributed by atoms with Crippen molar-refractivity contribution in [2.75, 3.05) is 19.7 Å². The van der Waals surface area contributed by atoms with Crippen molar-refractivity contribution in [3.63, 3.8) is 0 Å². The number of nitrogens with zero attached hydrogens (tertiary/aromatic N) is 2. The largest absolute Gasteiger partial charge is 0.484 e. The van der Waals surface area contributed by atoms with Gasteiger partial charge in [0.1, 0.15) is 5.75 Å². The van der Waals surface area contributed by atoms with E-state index in [0.29, 0.717) is 18.7 Å². The molecule has 1 N–H and O–H groups in total. The highest BCUT2D eigenvalue weighted by Gasteiger charge is 2.42. The number of hydrogen-bond acceptors (Lipinski definition) is 5. The Morgan fingerprint density at radius 1 is 1.41 bits per heavy atom. The highest BCUT2D eigenvalue weighted by Crippen LogP contribution is 2.30. The van der Waals surface area contributed by atoms with Gasteiger partial charge >= 0.3 is 5.97 Å². The molecule has 0 aromatic heterocycles. The second-order valence-corrected chi connectivity index (χ2v) is 5.47. The predicted octanol–water partition coefficient (Wildman–Crippen LogP) is 1.30. The molecular weight excluding hydrogens is 292 g/mol. The normalized spacial score (nSPS) is 20.7. The molecule has 8 nitrogen and oxygen atoms in total. The lowest BCUT2D eigenvalue weighted by molar-refractivity contribution is -0.384. The van der Waals surface area contributed by atoms with Crippen LogP contribution in [0.2, 0.25) is 0 Å². The van der Waals surface area contributed by atoms with Crippen LogP contribution in [0.5, 0.6) is 5.75 Å². The van der Waals surface area contributed by atoms with Crippen LogP contribution in [-0.2, 0) is 9.59 Å². The van der Waals surface area contributed by atoms with Crippen molar-refractivity contribution < 1.29 is 24.4 Å². The quantitative estimate of drug-likeness (QED) is 0.648. The topological polar surface area (TPSA) is 110 Å². The first-order valence-electron chi connectivity index (χ1n) is 6.70. The van der Waals surface area contributed by atoms with Crippen LogP contribution in [0, 0.1) is 15.5 Å². The number of carboxylic acids is 1. The molecular formula is C14H16N2O6. The fourth-order valence-electron chi connectivity index (χ4n) is 2.25. The van der Waals surface area contributed by atoms with Gasteiger partial charge in [-0.2, -0.15) is 0 Å². The van der Waals surface area contributed by atoms with E-state index in [-0.39, 0.29) is 24.7 Å². The van der Waals surface area contributed by atoms with Crippen molar-refractivity contribution in [2.45, 2.75) is 13.3 Å². The molecule has 1 fully saturated rings. The van der Waals surface area contributed by atoms with Gasteiger partial charge in [-0.25, -0.2) is 0 Å². The number of hydrogen-bond donors (Lipinski definition) is 1. The fraction of sp³-hybridized carbons (Fsp3) is 0.429. The van der Waals surface area contributed by atoms with Gasteiger partial charge in [-0.3, -0.25) is 19.7 Å². The molecule has 0 aliphatic carbocycles. The van der Waals surface area contributed by atoms with Crippen molar-refractivity contribution in [1.29, 1.82) is 0 Å². The van der Waals surface area contributed by atoms with Gasteiger partial charge in [0.2, 0.25) is 0 Å². The van der Waals surface area contributed by atoms with Gasteiger partial charge in [0.25, 0.3) is 11.6 Å². The molecule has 1 aromatic carbocycles. The Kier molecular flexibility index (Phi) is 4.30. The fourth-order valence-corrected chi connectivity index (χ4v) is 2.25. The Morgan fingerprint density at radius 2 is 2.05 bits per heavy atom. The Labute approximate surface area is 126 Å². The number of carbonyl (C=O) groups is 2. The number of nitro benzene ring substituents is 1. The van der Waals surface area contributed by atoms with E-state index >= 15 is 0 Å². The van der Waals surface area contributed by atoms with Crippen molar-refractivity contribution in [1.82, 2.24) is 4.90 Å². The van der Waals surface area contributed by atoms with E-state index < -0.39 is 16.3 Å². The van der Waals surface area contributed by atoms with Crippen LogP contribution in [0.4, 0.5) is 5.69 Å². The maximum Gasteiger partial charge on any atom is 0.311 e. The number of carboxylic acid groups (broad SMARTS) is 1. The molecule has 118 valence electrons. The van der Waals surface area contributed by atoms with E-state index in [4.69, 9.17) is 9.84 Å². The Hall–Kier alpha value is -2.64. The number of carbonyl (C=O) groups excluding carboxylic acids is 1. The van der Waals surface area contributed by atoms with Gasteiger partial charge < -0.3 is 14.7 Å². The summed E-state index contributed by atoms with van der Waals surface area (Å²) in [6.45, 7) is 1.92. The van der Waals surface area contributed by atoms with E-state index in [9.17, 15) is 19.7 Å². The van der Waals surface area contributed by atoms with Crippen molar-refractivity contribution in [3.8, 4) is 5.75 Å². The minimum Gasteiger partial charge on any atom is -0.484 e. The van der Waals surface area contributed by atoms with E-state index in [1.165, 1.54) is 29.2 Å². The van der Waals surface area contributed by atoms with Gasteiger partial charge in [0.15, 0.2) is 6.61 Å². The average Bonchev–Trinajstić information content (AvgIpc) is 2.89. The number of likely N-dealkylation sites (tertiary alicyclic amines) is 1. The van der Waals surface area contributed by atoms with Crippen LogP contribution in [0.1, 0.15) is 13.3 Å². The van der Waals surface area contributed by atoms with Crippen molar-refractivity contribution in [2.24, 2.45) is 5.41 Å². The standard InChI is InChI=1S/C14H16N2O6/c1-14(13(18)19)6-7-15(9-14)12(17)8-22-11-4-2-10(3-5-11)16(20)21/h2-5H,6-9H2,1H3,(H,18,19). The molecule has 0 spiro atoms. The zero-order valence-corrected chi connectivity index (χ0v) is 12.0. The molecule has 0 bridgehead atoms.